The van der Waals surface area contributed by atoms with E-state index in [2.05, 4.69) is 21.3 Å². The molecule has 2 aliphatic rings. The van der Waals surface area contributed by atoms with Gasteiger partial charge in [-0.05, 0) is 91.9 Å². The van der Waals surface area contributed by atoms with Crippen LogP contribution < -0.4 is 15.8 Å². The smallest absolute Gasteiger partial charge is 0.417 e. The van der Waals surface area contributed by atoms with Crippen molar-refractivity contribution in [3.63, 3.8) is 0 Å². The number of fused-ring (bicyclic) bond motifs is 1. The lowest BCUT2D eigenvalue weighted by Gasteiger charge is -2.27. The molecule has 1 aromatic heterocycles. The summed E-state index contributed by atoms with van der Waals surface area (Å²) in [5.74, 6) is 0.213. The summed E-state index contributed by atoms with van der Waals surface area (Å²) >= 11 is 0. The molecule has 1 unspecified atom stereocenters. The highest BCUT2D eigenvalue weighted by molar-refractivity contribution is 7.59. The van der Waals surface area contributed by atoms with Gasteiger partial charge in [0.1, 0.15) is 12.4 Å². The van der Waals surface area contributed by atoms with Gasteiger partial charge in [-0.2, -0.15) is 18.8 Å². The zero-order valence-electron chi connectivity index (χ0n) is 22.1. The van der Waals surface area contributed by atoms with Crippen LogP contribution in [0.5, 0.6) is 5.75 Å². The van der Waals surface area contributed by atoms with E-state index in [0.29, 0.717) is 29.0 Å². The first-order valence-corrected chi connectivity index (χ1v) is 13.4. The fourth-order valence-electron chi connectivity index (χ4n) is 5.49. The SMILES string of the molecule is N#Cc1cccc(COc2cccc(C(CN3CCCC3)NC(=O)C3(c4ccc5oc(=O)[nH]c5c4)CC3)c2)c1.S. The summed E-state index contributed by atoms with van der Waals surface area (Å²) in [6.45, 7) is 3.12. The van der Waals surface area contributed by atoms with Crippen molar-refractivity contribution >= 4 is 30.5 Å². The topological polar surface area (TPSA) is 111 Å². The van der Waals surface area contributed by atoms with Crippen molar-refractivity contribution < 1.29 is 13.9 Å². The zero-order valence-corrected chi connectivity index (χ0v) is 23.1. The zero-order chi connectivity index (χ0) is 26.8. The van der Waals surface area contributed by atoms with Crippen LogP contribution in [0.2, 0.25) is 0 Å². The second-order valence-corrected chi connectivity index (χ2v) is 10.5. The Morgan fingerprint density at radius 2 is 1.90 bits per heavy atom. The van der Waals surface area contributed by atoms with E-state index in [1.54, 1.807) is 12.1 Å². The van der Waals surface area contributed by atoms with Gasteiger partial charge < -0.3 is 19.4 Å². The highest BCUT2D eigenvalue weighted by Crippen LogP contribution is 2.49. The van der Waals surface area contributed by atoms with Crippen molar-refractivity contribution in [1.82, 2.24) is 15.2 Å². The number of oxazole rings is 1. The molecule has 1 aliphatic carbocycles. The molecule has 1 saturated heterocycles. The van der Waals surface area contributed by atoms with Crippen LogP contribution in [0.4, 0.5) is 0 Å². The Balaban J connectivity index is 0.00000323. The number of ether oxygens (including phenoxy) is 1. The minimum absolute atomic E-state index is 0. The minimum atomic E-state index is -0.606. The maximum Gasteiger partial charge on any atom is 0.417 e. The van der Waals surface area contributed by atoms with Gasteiger partial charge in [-0.1, -0.05) is 30.3 Å². The summed E-state index contributed by atoms with van der Waals surface area (Å²) in [5.41, 5.74) is 3.90. The van der Waals surface area contributed by atoms with Gasteiger partial charge >= 0.3 is 5.76 Å². The van der Waals surface area contributed by atoms with Gasteiger partial charge in [0.05, 0.1) is 28.6 Å². The Hall–Kier alpha value is -4.00. The van der Waals surface area contributed by atoms with E-state index in [0.717, 1.165) is 49.2 Å². The summed E-state index contributed by atoms with van der Waals surface area (Å²) < 4.78 is 11.2. The standard InChI is InChI=1S/C31H30N4O4.H2S/c32-18-21-5-3-6-22(15-21)20-38-25-8-4-7-23(16-25)27(19-35-13-1-2-14-35)33-29(36)31(11-12-31)24-9-10-28-26(17-24)34-30(37)39-28;/h3-10,15-17,27H,1-2,11-14,19-20H2,(H,33,36)(H,34,37);1H2. The molecule has 1 amide bonds. The molecule has 2 fully saturated rings. The Morgan fingerprint density at radius 1 is 1.10 bits per heavy atom. The van der Waals surface area contributed by atoms with Gasteiger partial charge in [-0.25, -0.2) is 4.79 Å². The molecule has 0 spiro atoms. The minimum Gasteiger partial charge on any atom is -0.489 e. The Labute approximate surface area is 239 Å². The van der Waals surface area contributed by atoms with Crippen LogP contribution in [0.25, 0.3) is 11.1 Å². The predicted octanol–water partition coefficient (Wildman–Crippen LogP) is 4.67. The summed E-state index contributed by atoms with van der Waals surface area (Å²) in [7, 11) is 0. The molecule has 4 aromatic rings. The van der Waals surface area contributed by atoms with Gasteiger partial charge in [-0.3, -0.25) is 9.78 Å². The highest BCUT2D eigenvalue weighted by atomic mass is 32.1. The number of aromatic nitrogens is 1. The van der Waals surface area contributed by atoms with Crippen molar-refractivity contribution in [2.45, 2.75) is 43.7 Å². The summed E-state index contributed by atoms with van der Waals surface area (Å²) in [4.78, 5) is 30.5. The van der Waals surface area contributed by atoms with Crippen LogP contribution >= 0.6 is 13.5 Å². The third-order valence-electron chi connectivity index (χ3n) is 7.82. The molecule has 40 heavy (non-hydrogen) atoms. The van der Waals surface area contributed by atoms with Crippen molar-refractivity contribution in [1.29, 1.82) is 5.26 Å². The lowest BCUT2D eigenvalue weighted by Crippen LogP contribution is -2.41. The number of rotatable bonds is 9. The number of aromatic amines is 1. The highest BCUT2D eigenvalue weighted by Gasteiger charge is 2.52. The molecular weight excluding hydrogens is 524 g/mol. The number of amides is 1. The van der Waals surface area contributed by atoms with Crippen molar-refractivity contribution in [3.05, 3.63) is 99.5 Å². The second-order valence-electron chi connectivity index (χ2n) is 10.5. The van der Waals surface area contributed by atoms with Crippen molar-refractivity contribution in [2.75, 3.05) is 19.6 Å². The molecule has 0 radical (unpaired) electrons. The molecule has 6 rings (SSSR count). The van der Waals surface area contributed by atoms with Crippen LogP contribution in [0, 0.1) is 11.3 Å². The lowest BCUT2D eigenvalue weighted by molar-refractivity contribution is -0.124. The first-order valence-electron chi connectivity index (χ1n) is 13.4. The molecule has 2 heterocycles. The summed E-state index contributed by atoms with van der Waals surface area (Å²) in [5, 5.41) is 12.5. The third-order valence-corrected chi connectivity index (χ3v) is 7.82. The Bertz CT molecular complexity index is 1610. The van der Waals surface area contributed by atoms with E-state index in [1.165, 1.54) is 12.8 Å². The van der Waals surface area contributed by atoms with E-state index in [-0.39, 0.29) is 25.4 Å². The fourth-order valence-corrected chi connectivity index (χ4v) is 5.49. The van der Waals surface area contributed by atoms with E-state index >= 15 is 0 Å². The van der Waals surface area contributed by atoms with Crippen molar-refractivity contribution in [2.24, 2.45) is 0 Å². The number of hydrogen-bond acceptors (Lipinski definition) is 6. The van der Waals surface area contributed by atoms with Gasteiger partial charge in [-0.15, -0.1) is 0 Å². The average molecular weight is 557 g/mol. The van der Waals surface area contributed by atoms with Gasteiger partial charge in [0.15, 0.2) is 5.58 Å². The molecule has 8 nitrogen and oxygen atoms in total. The average Bonchev–Trinajstić information content (AvgIpc) is 3.44. The molecule has 1 saturated carbocycles. The van der Waals surface area contributed by atoms with Gasteiger partial charge in [0, 0.05) is 6.54 Å². The number of nitriles is 1. The third kappa shape index (κ3) is 5.79. The van der Waals surface area contributed by atoms with Crippen LogP contribution in [-0.2, 0) is 16.8 Å². The van der Waals surface area contributed by atoms with E-state index < -0.39 is 11.2 Å². The second kappa shape index (κ2) is 11.6. The Kier molecular flexibility index (Phi) is 8.01. The molecule has 2 N–H and O–H groups in total. The van der Waals surface area contributed by atoms with Gasteiger partial charge in [0.25, 0.3) is 0 Å². The molecule has 3 aromatic carbocycles. The van der Waals surface area contributed by atoms with Crippen LogP contribution in [0.1, 0.15) is 54.0 Å². The summed E-state index contributed by atoms with van der Waals surface area (Å²) in [6.07, 6.45) is 3.85. The van der Waals surface area contributed by atoms with Crippen LogP contribution in [-0.4, -0.2) is 35.4 Å². The number of H-pyrrole nitrogens is 1. The maximum absolute atomic E-state index is 13.8. The first-order chi connectivity index (χ1) is 19.0. The molecule has 1 aliphatic heterocycles. The van der Waals surface area contributed by atoms with Crippen molar-refractivity contribution in [3.8, 4) is 11.8 Å². The van der Waals surface area contributed by atoms with E-state index in [1.807, 2.05) is 54.6 Å². The predicted molar refractivity (Wildman–Crippen MR) is 157 cm³/mol. The van der Waals surface area contributed by atoms with Crippen LogP contribution in [0.15, 0.2) is 75.9 Å². The normalized spacial score (nSPS) is 16.6. The number of carbonyl (C=O) groups is 1. The fraction of sp³-hybridized carbons (Fsp3) is 0.323. The largest absolute Gasteiger partial charge is 0.489 e. The number of hydrogen-bond donors (Lipinski definition) is 2. The number of likely N-dealkylation sites (tertiary alicyclic amines) is 1. The maximum atomic E-state index is 13.8. The first kappa shape index (κ1) is 27.6. The quantitative estimate of drug-likeness (QED) is 0.310. The molecule has 0 bridgehead atoms. The Morgan fingerprint density at radius 3 is 2.67 bits per heavy atom. The summed E-state index contributed by atoms with van der Waals surface area (Å²) in [6, 6.07) is 22.7. The number of benzene rings is 3. The molecule has 9 heteroatoms. The number of nitrogens with one attached hydrogen (secondary N) is 2. The monoisotopic (exact) mass is 556 g/mol. The molecule has 206 valence electrons. The van der Waals surface area contributed by atoms with E-state index in [9.17, 15) is 9.59 Å². The molecular formula is C31H32N4O4S. The van der Waals surface area contributed by atoms with Gasteiger partial charge in [0.2, 0.25) is 5.91 Å². The number of nitrogens with zero attached hydrogens (tertiary/aromatic N) is 2. The number of carbonyl (C=O) groups excluding carboxylic acids is 1. The lowest BCUT2D eigenvalue weighted by atomic mass is 9.93. The van der Waals surface area contributed by atoms with Crippen LogP contribution in [0.3, 0.4) is 0 Å². The van der Waals surface area contributed by atoms with E-state index in [4.69, 9.17) is 14.4 Å². The molecule has 1 atom stereocenters.